The molecule has 0 bridgehead atoms. The fourth-order valence-electron chi connectivity index (χ4n) is 1.88. The Kier molecular flexibility index (Phi) is 5.84. The van der Waals surface area contributed by atoms with Gasteiger partial charge in [0.15, 0.2) is 0 Å². The first kappa shape index (κ1) is 15.0. The van der Waals surface area contributed by atoms with Gasteiger partial charge in [-0.05, 0) is 12.8 Å². The minimum Gasteiger partial charge on any atom is -0.480 e. The maximum atomic E-state index is 11.7. The van der Waals surface area contributed by atoms with Gasteiger partial charge in [0.25, 0.3) is 0 Å². The van der Waals surface area contributed by atoms with E-state index < -0.39 is 18.5 Å². The van der Waals surface area contributed by atoms with E-state index in [9.17, 15) is 14.4 Å². The zero-order chi connectivity index (χ0) is 14.3. The average Bonchev–Trinajstić information content (AvgIpc) is 2.88. The molecule has 3 amide bonds. The lowest BCUT2D eigenvalue weighted by Crippen LogP contribution is -2.46. The van der Waals surface area contributed by atoms with Crippen molar-refractivity contribution in [2.45, 2.75) is 12.8 Å². The maximum Gasteiger partial charge on any atom is 0.323 e. The molecule has 1 saturated heterocycles. The highest BCUT2D eigenvalue weighted by molar-refractivity contribution is 5.85. The quantitative estimate of drug-likeness (QED) is 0.658. The molecule has 1 fully saturated rings. The van der Waals surface area contributed by atoms with Gasteiger partial charge in [0.2, 0.25) is 5.91 Å². The summed E-state index contributed by atoms with van der Waals surface area (Å²) in [6.45, 7) is 4.50. The molecule has 0 atom stereocenters. The van der Waals surface area contributed by atoms with E-state index in [0.717, 1.165) is 30.8 Å². The molecule has 1 heterocycles. The second kappa shape index (κ2) is 7.40. The van der Waals surface area contributed by atoms with E-state index in [-0.39, 0.29) is 19.0 Å². The molecule has 1 aliphatic rings. The minimum absolute atomic E-state index is 0.105. The van der Waals surface area contributed by atoms with Gasteiger partial charge in [-0.25, -0.2) is 4.79 Å². The standard InChI is InChI=1S/C12H19N3O4/c1-2-5-15(9-11(17)18)12(19)13-8-10(16)14-6-3-4-7-14/h2H,1,3-9H2,(H,13,19)(H,17,18). The zero-order valence-corrected chi connectivity index (χ0v) is 10.8. The molecule has 0 aliphatic carbocycles. The summed E-state index contributed by atoms with van der Waals surface area (Å²) in [5.41, 5.74) is 0. The number of urea groups is 1. The first-order chi connectivity index (χ1) is 9.04. The van der Waals surface area contributed by atoms with Crippen molar-refractivity contribution in [3.63, 3.8) is 0 Å². The van der Waals surface area contributed by atoms with Crippen LogP contribution in [0.5, 0.6) is 0 Å². The van der Waals surface area contributed by atoms with E-state index in [0.29, 0.717) is 0 Å². The van der Waals surface area contributed by atoms with Crippen LogP contribution in [-0.2, 0) is 9.59 Å². The number of nitrogens with one attached hydrogen (secondary N) is 1. The predicted molar refractivity (Wildman–Crippen MR) is 68.6 cm³/mol. The van der Waals surface area contributed by atoms with Crippen LogP contribution >= 0.6 is 0 Å². The molecule has 7 heteroatoms. The number of carbonyl (C=O) groups excluding carboxylic acids is 2. The molecule has 19 heavy (non-hydrogen) atoms. The molecule has 1 rings (SSSR count). The molecule has 0 aromatic carbocycles. The average molecular weight is 269 g/mol. The maximum absolute atomic E-state index is 11.7. The van der Waals surface area contributed by atoms with Crippen LogP contribution < -0.4 is 5.32 Å². The number of nitrogens with zero attached hydrogens (tertiary/aromatic N) is 2. The van der Waals surface area contributed by atoms with Gasteiger partial charge in [-0.3, -0.25) is 9.59 Å². The first-order valence-corrected chi connectivity index (χ1v) is 6.18. The Balaban J connectivity index is 2.40. The normalized spacial score (nSPS) is 14.0. The van der Waals surface area contributed by atoms with Gasteiger partial charge in [-0.2, -0.15) is 0 Å². The third-order valence-electron chi connectivity index (χ3n) is 2.81. The van der Waals surface area contributed by atoms with Crippen molar-refractivity contribution < 1.29 is 19.5 Å². The van der Waals surface area contributed by atoms with Crippen LogP contribution in [0.3, 0.4) is 0 Å². The van der Waals surface area contributed by atoms with Crippen LogP contribution in [0.4, 0.5) is 4.79 Å². The van der Waals surface area contributed by atoms with Gasteiger partial charge in [0, 0.05) is 19.6 Å². The number of carbonyl (C=O) groups is 3. The van der Waals surface area contributed by atoms with Crippen molar-refractivity contribution in [2.75, 3.05) is 32.7 Å². The largest absolute Gasteiger partial charge is 0.480 e. The van der Waals surface area contributed by atoms with E-state index in [4.69, 9.17) is 5.11 Å². The molecule has 0 saturated carbocycles. The SMILES string of the molecule is C=CCN(CC(=O)O)C(=O)NCC(=O)N1CCCC1. The second-order valence-electron chi connectivity index (χ2n) is 4.31. The highest BCUT2D eigenvalue weighted by atomic mass is 16.4. The van der Waals surface area contributed by atoms with Crippen molar-refractivity contribution >= 4 is 17.9 Å². The van der Waals surface area contributed by atoms with Crippen LogP contribution in [0.15, 0.2) is 12.7 Å². The van der Waals surface area contributed by atoms with E-state index in [2.05, 4.69) is 11.9 Å². The molecule has 7 nitrogen and oxygen atoms in total. The summed E-state index contributed by atoms with van der Waals surface area (Å²) in [5.74, 6) is -1.25. The Hall–Kier alpha value is -2.05. The number of aliphatic carboxylic acids is 1. The summed E-state index contributed by atoms with van der Waals surface area (Å²) >= 11 is 0. The molecule has 1 aliphatic heterocycles. The Morgan fingerprint density at radius 3 is 2.47 bits per heavy atom. The van der Waals surface area contributed by atoms with Crippen LogP contribution in [0.1, 0.15) is 12.8 Å². The molecule has 0 radical (unpaired) electrons. The Labute approximate surface area is 111 Å². The monoisotopic (exact) mass is 269 g/mol. The van der Waals surface area contributed by atoms with Gasteiger partial charge in [-0.15, -0.1) is 6.58 Å². The smallest absolute Gasteiger partial charge is 0.323 e. The summed E-state index contributed by atoms with van der Waals surface area (Å²) in [4.78, 5) is 36.8. The minimum atomic E-state index is -1.11. The lowest BCUT2D eigenvalue weighted by Gasteiger charge is -2.21. The molecule has 0 unspecified atom stereocenters. The lowest BCUT2D eigenvalue weighted by atomic mass is 10.4. The highest BCUT2D eigenvalue weighted by Crippen LogP contribution is 2.06. The van der Waals surface area contributed by atoms with Gasteiger partial charge in [0.05, 0.1) is 6.54 Å². The fraction of sp³-hybridized carbons (Fsp3) is 0.583. The molecular weight excluding hydrogens is 250 g/mol. The highest BCUT2D eigenvalue weighted by Gasteiger charge is 2.20. The molecule has 0 aromatic heterocycles. The first-order valence-electron chi connectivity index (χ1n) is 6.18. The third-order valence-corrected chi connectivity index (χ3v) is 2.81. The number of likely N-dealkylation sites (tertiary alicyclic amines) is 1. The van der Waals surface area contributed by atoms with Crippen molar-refractivity contribution in [2.24, 2.45) is 0 Å². The van der Waals surface area contributed by atoms with E-state index in [1.807, 2.05) is 0 Å². The van der Waals surface area contributed by atoms with Crippen LogP contribution in [-0.4, -0.2) is 65.5 Å². The van der Waals surface area contributed by atoms with Crippen molar-refractivity contribution in [3.8, 4) is 0 Å². The van der Waals surface area contributed by atoms with Crippen LogP contribution in [0.2, 0.25) is 0 Å². The number of carboxylic acids is 1. The molecule has 0 aromatic rings. The predicted octanol–water partition coefficient (Wildman–Crippen LogP) is -0.109. The summed E-state index contributed by atoms with van der Waals surface area (Å²) in [5, 5.41) is 11.1. The van der Waals surface area contributed by atoms with Crippen molar-refractivity contribution in [3.05, 3.63) is 12.7 Å². The Bertz CT molecular complexity index is 364. The topological polar surface area (TPSA) is 90.0 Å². The lowest BCUT2D eigenvalue weighted by molar-refractivity contribution is -0.137. The van der Waals surface area contributed by atoms with E-state index in [1.165, 1.54) is 6.08 Å². The molecule has 2 N–H and O–H groups in total. The Morgan fingerprint density at radius 2 is 1.95 bits per heavy atom. The van der Waals surface area contributed by atoms with Gasteiger partial charge in [0.1, 0.15) is 6.54 Å². The summed E-state index contributed by atoms with van der Waals surface area (Å²) in [7, 11) is 0. The van der Waals surface area contributed by atoms with Crippen molar-refractivity contribution in [1.29, 1.82) is 0 Å². The van der Waals surface area contributed by atoms with Crippen LogP contribution in [0, 0.1) is 0 Å². The Morgan fingerprint density at radius 1 is 1.32 bits per heavy atom. The van der Waals surface area contributed by atoms with Crippen molar-refractivity contribution in [1.82, 2.24) is 15.1 Å². The van der Waals surface area contributed by atoms with Gasteiger partial charge >= 0.3 is 12.0 Å². The number of amides is 3. The third kappa shape index (κ3) is 4.99. The van der Waals surface area contributed by atoms with E-state index >= 15 is 0 Å². The number of carboxylic acid groups (broad SMARTS) is 1. The molecular formula is C12H19N3O4. The number of rotatable bonds is 6. The fourth-order valence-corrected chi connectivity index (χ4v) is 1.88. The van der Waals surface area contributed by atoms with Gasteiger partial charge in [-0.1, -0.05) is 6.08 Å². The second-order valence-corrected chi connectivity index (χ2v) is 4.31. The zero-order valence-electron chi connectivity index (χ0n) is 10.8. The molecule has 0 spiro atoms. The van der Waals surface area contributed by atoms with Gasteiger partial charge < -0.3 is 20.2 Å². The van der Waals surface area contributed by atoms with Crippen LogP contribution in [0.25, 0.3) is 0 Å². The molecule has 106 valence electrons. The summed E-state index contributed by atoms with van der Waals surface area (Å²) in [6.07, 6.45) is 3.41. The number of hydrogen-bond donors (Lipinski definition) is 2. The van der Waals surface area contributed by atoms with E-state index in [1.54, 1.807) is 4.90 Å². The number of hydrogen-bond acceptors (Lipinski definition) is 3. The summed E-state index contributed by atoms with van der Waals surface area (Å²) in [6, 6.07) is -0.574. The summed E-state index contributed by atoms with van der Waals surface area (Å²) < 4.78 is 0.